The molecule has 0 saturated heterocycles. The average Bonchev–Trinajstić information content (AvgIpc) is 2.71. The van der Waals surface area contributed by atoms with Gasteiger partial charge in [0.1, 0.15) is 23.0 Å². The quantitative estimate of drug-likeness (QED) is 0.803. The predicted molar refractivity (Wildman–Crippen MR) is 68.7 cm³/mol. The standard InChI is InChI=1S/C13H16N2O5/c1-13(2,3)20-12(19)8-4-5-9-14-6-7(11(17)18)10(16)15(8)9/h6,8H,4-5H2,1-3H3,(H,17,18). The Morgan fingerprint density at radius 2 is 2.10 bits per heavy atom. The highest BCUT2D eigenvalue weighted by Crippen LogP contribution is 2.25. The van der Waals surface area contributed by atoms with Crippen LogP contribution in [0.15, 0.2) is 11.0 Å². The van der Waals surface area contributed by atoms with Gasteiger partial charge < -0.3 is 9.84 Å². The Bertz CT molecular complexity index is 627. The molecule has 1 N–H and O–H groups in total. The van der Waals surface area contributed by atoms with Gasteiger partial charge in [0.15, 0.2) is 0 Å². The van der Waals surface area contributed by atoms with E-state index < -0.39 is 34.7 Å². The van der Waals surface area contributed by atoms with Gasteiger partial charge in [-0.25, -0.2) is 14.6 Å². The first-order valence-corrected chi connectivity index (χ1v) is 6.27. The maximum atomic E-state index is 12.1. The molecule has 20 heavy (non-hydrogen) atoms. The van der Waals surface area contributed by atoms with E-state index in [-0.39, 0.29) is 0 Å². The largest absolute Gasteiger partial charge is 0.477 e. The van der Waals surface area contributed by atoms with Crippen LogP contribution in [-0.4, -0.2) is 32.2 Å². The number of carboxylic acids is 1. The van der Waals surface area contributed by atoms with Crippen molar-refractivity contribution < 1.29 is 19.4 Å². The van der Waals surface area contributed by atoms with E-state index >= 15 is 0 Å². The molecule has 0 spiro atoms. The van der Waals surface area contributed by atoms with E-state index in [1.807, 2.05) is 0 Å². The fourth-order valence-corrected chi connectivity index (χ4v) is 2.14. The number of ether oxygens (including phenoxy) is 1. The molecule has 0 amide bonds. The monoisotopic (exact) mass is 280 g/mol. The maximum Gasteiger partial charge on any atom is 0.342 e. The van der Waals surface area contributed by atoms with Crippen LogP contribution in [0.3, 0.4) is 0 Å². The highest BCUT2D eigenvalue weighted by Gasteiger charge is 2.34. The summed E-state index contributed by atoms with van der Waals surface area (Å²) in [7, 11) is 0. The molecule has 1 atom stereocenters. The molecule has 2 heterocycles. The summed E-state index contributed by atoms with van der Waals surface area (Å²) in [6.45, 7) is 5.19. The van der Waals surface area contributed by atoms with Gasteiger partial charge >= 0.3 is 11.9 Å². The van der Waals surface area contributed by atoms with Gasteiger partial charge in [0.05, 0.1) is 0 Å². The zero-order chi connectivity index (χ0) is 15.1. The number of carbonyl (C=O) groups is 2. The molecule has 108 valence electrons. The van der Waals surface area contributed by atoms with Crippen LogP contribution >= 0.6 is 0 Å². The minimum absolute atomic E-state index is 0.389. The van der Waals surface area contributed by atoms with E-state index in [1.54, 1.807) is 20.8 Å². The number of nitrogens with zero attached hydrogens (tertiary/aromatic N) is 2. The summed E-state index contributed by atoms with van der Waals surface area (Å²) in [6, 6.07) is -0.802. The number of esters is 1. The van der Waals surface area contributed by atoms with Crippen molar-refractivity contribution in [3.8, 4) is 0 Å². The average molecular weight is 280 g/mol. The lowest BCUT2D eigenvalue weighted by Crippen LogP contribution is -2.35. The zero-order valence-electron chi connectivity index (χ0n) is 11.5. The number of aryl methyl sites for hydroxylation is 1. The maximum absolute atomic E-state index is 12.1. The highest BCUT2D eigenvalue weighted by molar-refractivity contribution is 5.87. The second-order valence-electron chi connectivity index (χ2n) is 5.66. The summed E-state index contributed by atoms with van der Waals surface area (Å²) < 4.78 is 6.40. The molecule has 1 aliphatic rings. The lowest BCUT2D eigenvalue weighted by atomic mass is 10.1. The second kappa shape index (κ2) is 4.73. The van der Waals surface area contributed by atoms with E-state index in [4.69, 9.17) is 9.84 Å². The number of hydrogen-bond donors (Lipinski definition) is 1. The summed E-state index contributed by atoms with van der Waals surface area (Å²) in [6.07, 6.45) is 1.87. The zero-order valence-corrected chi connectivity index (χ0v) is 11.5. The van der Waals surface area contributed by atoms with Crippen LogP contribution in [0, 0.1) is 0 Å². The first kappa shape index (κ1) is 14.2. The Morgan fingerprint density at radius 1 is 1.45 bits per heavy atom. The molecule has 1 aromatic rings. The van der Waals surface area contributed by atoms with Crippen molar-refractivity contribution >= 4 is 11.9 Å². The lowest BCUT2D eigenvalue weighted by Gasteiger charge is -2.22. The Morgan fingerprint density at radius 3 is 2.65 bits per heavy atom. The smallest absolute Gasteiger partial charge is 0.342 e. The normalized spacial score (nSPS) is 17.6. The summed E-state index contributed by atoms with van der Waals surface area (Å²) >= 11 is 0. The Kier molecular flexibility index (Phi) is 3.37. The number of fused-ring (bicyclic) bond motifs is 1. The van der Waals surface area contributed by atoms with Gasteiger partial charge in [-0.1, -0.05) is 0 Å². The summed E-state index contributed by atoms with van der Waals surface area (Å²) in [4.78, 5) is 39.1. The van der Waals surface area contributed by atoms with Crippen LogP contribution in [-0.2, 0) is 16.0 Å². The number of carbonyl (C=O) groups excluding carboxylic acids is 1. The molecule has 7 heteroatoms. The number of aromatic nitrogens is 2. The van der Waals surface area contributed by atoms with Crippen molar-refractivity contribution in [1.29, 1.82) is 0 Å². The molecule has 1 aliphatic heterocycles. The SMILES string of the molecule is CC(C)(C)OC(=O)C1CCc2ncc(C(=O)O)c(=O)n21. The third-order valence-electron chi connectivity index (χ3n) is 2.93. The minimum Gasteiger partial charge on any atom is -0.477 e. The lowest BCUT2D eigenvalue weighted by molar-refractivity contribution is -0.158. The Labute approximate surface area is 115 Å². The molecule has 0 radical (unpaired) electrons. The van der Waals surface area contributed by atoms with Crippen molar-refractivity contribution in [3.63, 3.8) is 0 Å². The van der Waals surface area contributed by atoms with Gasteiger partial charge in [0.25, 0.3) is 5.56 Å². The molecule has 0 aromatic carbocycles. The summed E-state index contributed by atoms with van der Waals surface area (Å²) in [5.74, 6) is -1.48. The topological polar surface area (TPSA) is 98.5 Å². The van der Waals surface area contributed by atoms with E-state index in [0.717, 1.165) is 10.8 Å². The van der Waals surface area contributed by atoms with Gasteiger partial charge in [0.2, 0.25) is 0 Å². The van der Waals surface area contributed by atoms with Gasteiger partial charge in [-0.2, -0.15) is 0 Å². The molecular formula is C13H16N2O5. The van der Waals surface area contributed by atoms with Crippen LogP contribution in [0.5, 0.6) is 0 Å². The van der Waals surface area contributed by atoms with Crippen LogP contribution < -0.4 is 5.56 Å². The summed E-state index contributed by atoms with van der Waals surface area (Å²) in [5.41, 5.74) is -1.82. The van der Waals surface area contributed by atoms with Crippen LogP contribution in [0.25, 0.3) is 0 Å². The fourth-order valence-electron chi connectivity index (χ4n) is 2.14. The van der Waals surface area contributed by atoms with E-state index in [1.165, 1.54) is 0 Å². The minimum atomic E-state index is -1.35. The van der Waals surface area contributed by atoms with Crippen LogP contribution in [0.4, 0.5) is 0 Å². The van der Waals surface area contributed by atoms with Crippen molar-refractivity contribution in [1.82, 2.24) is 9.55 Å². The predicted octanol–water partition coefficient (Wildman–Crippen LogP) is 0.770. The summed E-state index contributed by atoms with van der Waals surface area (Å²) in [5, 5.41) is 8.94. The Hall–Kier alpha value is -2.18. The molecule has 0 bridgehead atoms. The first-order valence-electron chi connectivity index (χ1n) is 6.27. The number of carboxylic acid groups (broad SMARTS) is 1. The third kappa shape index (κ3) is 2.56. The number of hydrogen-bond acceptors (Lipinski definition) is 5. The van der Waals surface area contributed by atoms with E-state index in [9.17, 15) is 14.4 Å². The highest BCUT2D eigenvalue weighted by atomic mass is 16.6. The molecule has 7 nitrogen and oxygen atoms in total. The van der Waals surface area contributed by atoms with Crippen molar-refractivity contribution in [2.45, 2.75) is 45.3 Å². The molecule has 0 fully saturated rings. The van der Waals surface area contributed by atoms with Crippen molar-refractivity contribution in [2.75, 3.05) is 0 Å². The van der Waals surface area contributed by atoms with E-state index in [0.29, 0.717) is 18.7 Å². The van der Waals surface area contributed by atoms with E-state index in [2.05, 4.69) is 4.98 Å². The molecular weight excluding hydrogens is 264 g/mol. The number of rotatable bonds is 2. The molecule has 0 aliphatic carbocycles. The third-order valence-corrected chi connectivity index (χ3v) is 2.93. The molecule has 2 rings (SSSR count). The van der Waals surface area contributed by atoms with Crippen molar-refractivity contribution in [3.05, 3.63) is 27.9 Å². The molecule has 1 aromatic heterocycles. The number of aromatic carboxylic acids is 1. The molecule has 0 saturated carbocycles. The van der Waals surface area contributed by atoms with Gasteiger partial charge in [-0.05, 0) is 27.2 Å². The van der Waals surface area contributed by atoms with Crippen molar-refractivity contribution in [2.24, 2.45) is 0 Å². The van der Waals surface area contributed by atoms with Gasteiger partial charge in [-0.15, -0.1) is 0 Å². The van der Waals surface area contributed by atoms with Crippen LogP contribution in [0.2, 0.25) is 0 Å². The Balaban J connectivity index is 2.42. The second-order valence-corrected chi connectivity index (χ2v) is 5.66. The molecule has 1 unspecified atom stereocenters. The van der Waals surface area contributed by atoms with Crippen LogP contribution in [0.1, 0.15) is 49.4 Å². The fraction of sp³-hybridized carbons (Fsp3) is 0.538. The van der Waals surface area contributed by atoms with Gasteiger partial charge in [0, 0.05) is 12.6 Å². The first-order chi connectivity index (χ1) is 9.20. The van der Waals surface area contributed by atoms with Gasteiger partial charge in [-0.3, -0.25) is 9.36 Å².